The Morgan fingerprint density at radius 2 is 2.12 bits per heavy atom. The molecule has 0 amide bonds. The van der Waals surface area contributed by atoms with E-state index in [0.717, 1.165) is 47.3 Å². The van der Waals surface area contributed by atoms with Gasteiger partial charge in [0, 0.05) is 30.6 Å². The molecule has 134 valence electrons. The van der Waals surface area contributed by atoms with E-state index in [1.807, 2.05) is 30.5 Å². The van der Waals surface area contributed by atoms with E-state index in [2.05, 4.69) is 44.4 Å². The first-order valence-electron chi connectivity index (χ1n) is 8.11. The van der Waals surface area contributed by atoms with Gasteiger partial charge in [-0.05, 0) is 26.0 Å². The van der Waals surface area contributed by atoms with Gasteiger partial charge in [-0.3, -0.25) is 0 Å². The standard InChI is InChI=1S/C17H22N6S.HI/c1-3-18-17(21-11-16-20-10-12(2)24-16)19-9-8-15-22-13-6-4-5-7-14(13)23-15;/h4-7,10H,3,8-9,11H2,1-2H3,(H,22,23)(H2,18,19,21);1H. The van der Waals surface area contributed by atoms with Crippen LogP contribution in [0.25, 0.3) is 11.0 Å². The molecule has 2 heterocycles. The van der Waals surface area contributed by atoms with Gasteiger partial charge in [0.15, 0.2) is 5.96 Å². The fourth-order valence-electron chi connectivity index (χ4n) is 2.39. The zero-order valence-electron chi connectivity index (χ0n) is 14.4. The van der Waals surface area contributed by atoms with Crippen LogP contribution in [-0.2, 0) is 13.0 Å². The van der Waals surface area contributed by atoms with Crippen LogP contribution in [-0.4, -0.2) is 34.0 Å². The third kappa shape index (κ3) is 5.67. The average Bonchev–Trinajstić information content (AvgIpc) is 3.18. The SMILES string of the molecule is CCNC(=NCc1ncc(C)s1)NCCc1nc2ccccc2[nH]1.I. The van der Waals surface area contributed by atoms with Gasteiger partial charge in [0.2, 0.25) is 0 Å². The number of aliphatic imine (C=N–C) groups is 1. The number of rotatable bonds is 6. The lowest BCUT2D eigenvalue weighted by Gasteiger charge is -2.10. The van der Waals surface area contributed by atoms with Crippen molar-refractivity contribution >= 4 is 52.3 Å². The van der Waals surface area contributed by atoms with E-state index >= 15 is 0 Å². The van der Waals surface area contributed by atoms with Gasteiger partial charge < -0.3 is 15.6 Å². The summed E-state index contributed by atoms with van der Waals surface area (Å²) in [7, 11) is 0. The minimum absolute atomic E-state index is 0. The van der Waals surface area contributed by atoms with Crippen molar-refractivity contribution in [2.75, 3.05) is 13.1 Å². The van der Waals surface area contributed by atoms with E-state index in [1.165, 1.54) is 4.88 Å². The molecule has 8 heteroatoms. The predicted octanol–water partition coefficient (Wildman–Crippen LogP) is 3.24. The highest BCUT2D eigenvalue weighted by Crippen LogP contribution is 2.12. The summed E-state index contributed by atoms with van der Waals surface area (Å²) >= 11 is 1.68. The van der Waals surface area contributed by atoms with Crippen molar-refractivity contribution in [3.05, 3.63) is 46.2 Å². The summed E-state index contributed by atoms with van der Waals surface area (Å²) in [6, 6.07) is 8.07. The van der Waals surface area contributed by atoms with Crippen LogP contribution in [0.5, 0.6) is 0 Å². The van der Waals surface area contributed by atoms with Crippen LogP contribution in [0.1, 0.15) is 22.6 Å². The van der Waals surface area contributed by atoms with Crippen molar-refractivity contribution in [2.45, 2.75) is 26.8 Å². The number of para-hydroxylation sites is 2. The van der Waals surface area contributed by atoms with Gasteiger partial charge in [0.05, 0.1) is 17.6 Å². The highest BCUT2D eigenvalue weighted by Gasteiger charge is 2.03. The molecule has 0 saturated carbocycles. The van der Waals surface area contributed by atoms with Crippen molar-refractivity contribution in [3.63, 3.8) is 0 Å². The van der Waals surface area contributed by atoms with Crippen LogP contribution in [0.15, 0.2) is 35.5 Å². The fourth-order valence-corrected chi connectivity index (χ4v) is 3.10. The molecule has 1 aromatic carbocycles. The quantitative estimate of drug-likeness (QED) is 0.294. The van der Waals surface area contributed by atoms with E-state index in [0.29, 0.717) is 6.54 Å². The fraction of sp³-hybridized carbons (Fsp3) is 0.353. The molecule has 6 nitrogen and oxygen atoms in total. The first-order valence-corrected chi connectivity index (χ1v) is 8.93. The average molecular weight is 470 g/mol. The van der Waals surface area contributed by atoms with Gasteiger partial charge in [-0.2, -0.15) is 0 Å². The number of benzene rings is 1. The molecule has 0 unspecified atom stereocenters. The zero-order chi connectivity index (χ0) is 16.8. The number of guanidine groups is 1. The molecule has 3 N–H and O–H groups in total. The van der Waals surface area contributed by atoms with Crippen molar-refractivity contribution in [2.24, 2.45) is 4.99 Å². The summed E-state index contributed by atoms with van der Waals surface area (Å²) in [5.74, 6) is 1.79. The number of hydrogen-bond acceptors (Lipinski definition) is 4. The predicted molar refractivity (Wildman–Crippen MR) is 115 cm³/mol. The third-order valence-corrected chi connectivity index (χ3v) is 4.38. The first kappa shape index (κ1) is 19.6. The summed E-state index contributed by atoms with van der Waals surface area (Å²) in [5.41, 5.74) is 2.08. The van der Waals surface area contributed by atoms with E-state index in [-0.39, 0.29) is 24.0 Å². The zero-order valence-corrected chi connectivity index (χ0v) is 17.5. The number of hydrogen-bond donors (Lipinski definition) is 3. The van der Waals surface area contributed by atoms with Crippen LogP contribution >= 0.6 is 35.3 Å². The number of imidazole rings is 1. The van der Waals surface area contributed by atoms with Gasteiger partial charge in [0.25, 0.3) is 0 Å². The maximum Gasteiger partial charge on any atom is 0.191 e. The largest absolute Gasteiger partial charge is 0.357 e. The Labute approximate surface area is 168 Å². The maximum absolute atomic E-state index is 4.59. The Morgan fingerprint density at radius 3 is 2.84 bits per heavy atom. The van der Waals surface area contributed by atoms with E-state index in [4.69, 9.17) is 0 Å². The van der Waals surface area contributed by atoms with Gasteiger partial charge in [0.1, 0.15) is 10.8 Å². The number of nitrogens with one attached hydrogen (secondary N) is 3. The Morgan fingerprint density at radius 1 is 1.28 bits per heavy atom. The number of H-pyrrole nitrogens is 1. The number of thiazole rings is 1. The molecule has 3 rings (SSSR count). The smallest absolute Gasteiger partial charge is 0.191 e. The minimum atomic E-state index is 0. The number of halogens is 1. The molecule has 0 spiro atoms. The Balaban J connectivity index is 0.00000225. The van der Waals surface area contributed by atoms with Crippen LogP contribution < -0.4 is 10.6 Å². The third-order valence-electron chi connectivity index (χ3n) is 3.48. The monoisotopic (exact) mass is 470 g/mol. The lowest BCUT2D eigenvalue weighted by Crippen LogP contribution is -2.38. The van der Waals surface area contributed by atoms with Crippen molar-refractivity contribution in [1.82, 2.24) is 25.6 Å². The number of aromatic amines is 1. The molecular weight excluding hydrogens is 447 g/mol. The first-order chi connectivity index (χ1) is 11.7. The lowest BCUT2D eigenvalue weighted by atomic mass is 10.3. The molecule has 0 atom stereocenters. The Bertz CT molecular complexity index is 792. The minimum Gasteiger partial charge on any atom is -0.357 e. The molecule has 0 fully saturated rings. The number of fused-ring (bicyclic) bond motifs is 1. The number of nitrogens with zero attached hydrogens (tertiary/aromatic N) is 3. The highest BCUT2D eigenvalue weighted by atomic mass is 127. The molecule has 0 aliphatic carbocycles. The molecule has 0 radical (unpaired) electrons. The summed E-state index contributed by atoms with van der Waals surface area (Å²) in [5, 5.41) is 7.63. The van der Waals surface area contributed by atoms with Crippen LogP contribution in [0.2, 0.25) is 0 Å². The topological polar surface area (TPSA) is 78.0 Å². The van der Waals surface area contributed by atoms with E-state index in [9.17, 15) is 0 Å². The summed E-state index contributed by atoms with van der Waals surface area (Å²) in [4.78, 5) is 18.1. The second-order valence-electron chi connectivity index (χ2n) is 5.44. The van der Waals surface area contributed by atoms with Crippen LogP contribution in [0.3, 0.4) is 0 Å². The summed E-state index contributed by atoms with van der Waals surface area (Å²) in [6.45, 7) is 6.31. The molecular formula is C17H23IN6S. The van der Waals surface area contributed by atoms with Gasteiger partial charge >= 0.3 is 0 Å². The van der Waals surface area contributed by atoms with Gasteiger partial charge in [-0.25, -0.2) is 15.0 Å². The molecule has 25 heavy (non-hydrogen) atoms. The number of aryl methyl sites for hydroxylation is 1. The van der Waals surface area contributed by atoms with Crippen molar-refractivity contribution < 1.29 is 0 Å². The Hall–Kier alpha value is -1.68. The summed E-state index contributed by atoms with van der Waals surface area (Å²) in [6.07, 6.45) is 2.70. The second kappa shape index (κ2) is 9.71. The van der Waals surface area contributed by atoms with E-state index < -0.39 is 0 Å². The lowest BCUT2D eigenvalue weighted by molar-refractivity contribution is 0.779. The van der Waals surface area contributed by atoms with E-state index in [1.54, 1.807) is 11.3 Å². The highest BCUT2D eigenvalue weighted by molar-refractivity contribution is 14.0. The normalized spacial score (nSPS) is 11.4. The van der Waals surface area contributed by atoms with Crippen molar-refractivity contribution in [1.29, 1.82) is 0 Å². The van der Waals surface area contributed by atoms with Gasteiger partial charge in [-0.1, -0.05) is 12.1 Å². The maximum atomic E-state index is 4.59. The molecule has 0 bridgehead atoms. The van der Waals surface area contributed by atoms with Crippen LogP contribution in [0.4, 0.5) is 0 Å². The molecule has 3 aromatic rings. The van der Waals surface area contributed by atoms with Crippen LogP contribution in [0, 0.1) is 6.92 Å². The summed E-state index contributed by atoms with van der Waals surface area (Å²) < 4.78 is 0. The molecule has 0 aliphatic rings. The second-order valence-corrected chi connectivity index (χ2v) is 6.76. The van der Waals surface area contributed by atoms with Crippen molar-refractivity contribution in [3.8, 4) is 0 Å². The molecule has 2 aromatic heterocycles. The van der Waals surface area contributed by atoms with Gasteiger partial charge in [-0.15, -0.1) is 35.3 Å². The Kier molecular flexibility index (Phi) is 7.63. The molecule has 0 saturated heterocycles. The molecule has 0 aliphatic heterocycles. The number of aromatic nitrogens is 3.